The van der Waals surface area contributed by atoms with E-state index in [1.165, 1.54) is 23.8 Å². The van der Waals surface area contributed by atoms with Crippen molar-refractivity contribution in [3.05, 3.63) is 57.0 Å². The smallest absolute Gasteiger partial charge is 0.275 e. The topological polar surface area (TPSA) is 96.5 Å². The molecule has 8 heteroatoms. The standard InChI is InChI=1S/C18H15ClN4O3/c1-10(24)21-12-7-14(19)17(25)23(9-12)16-13-6-11(8-20)4-5-15(13)26-18(2,3)22-16/h4-7,9H,1-3H3,(H,21,24). The van der Waals surface area contributed by atoms with Crippen molar-refractivity contribution in [3.8, 4) is 11.8 Å². The number of carbonyl (C=O) groups excluding carboxylic acids is 1. The van der Waals surface area contributed by atoms with E-state index in [4.69, 9.17) is 16.3 Å². The van der Waals surface area contributed by atoms with Gasteiger partial charge in [0.15, 0.2) is 5.72 Å². The fraction of sp³-hybridized carbons (Fsp3) is 0.222. The highest BCUT2D eigenvalue weighted by atomic mass is 35.5. The van der Waals surface area contributed by atoms with E-state index in [1.54, 1.807) is 32.0 Å². The molecule has 2 aromatic rings. The number of amides is 1. The minimum absolute atomic E-state index is 0.0683. The summed E-state index contributed by atoms with van der Waals surface area (Å²) in [5.41, 5.74) is -0.178. The van der Waals surface area contributed by atoms with Crippen LogP contribution in [0.5, 0.6) is 5.75 Å². The van der Waals surface area contributed by atoms with E-state index in [9.17, 15) is 14.9 Å². The molecule has 1 N–H and O–H groups in total. The molecule has 1 aromatic carbocycles. The Morgan fingerprint density at radius 2 is 2.12 bits per heavy atom. The number of benzene rings is 1. The lowest BCUT2D eigenvalue weighted by Gasteiger charge is -2.30. The molecule has 1 aromatic heterocycles. The largest absolute Gasteiger partial charge is 0.466 e. The van der Waals surface area contributed by atoms with Gasteiger partial charge in [-0.05, 0) is 38.1 Å². The minimum atomic E-state index is -0.924. The molecule has 0 unspecified atom stereocenters. The van der Waals surface area contributed by atoms with Gasteiger partial charge in [0.1, 0.15) is 16.6 Å². The Morgan fingerprint density at radius 1 is 1.38 bits per heavy atom. The normalized spacial score (nSPS) is 14.5. The second kappa shape index (κ2) is 6.32. The molecule has 0 spiro atoms. The van der Waals surface area contributed by atoms with E-state index < -0.39 is 11.3 Å². The van der Waals surface area contributed by atoms with Crippen molar-refractivity contribution in [3.63, 3.8) is 0 Å². The first kappa shape index (κ1) is 17.7. The lowest BCUT2D eigenvalue weighted by molar-refractivity contribution is -0.114. The zero-order valence-corrected chi connectivity index (χ0v) is 15.1. The molecule has 1 amide bonds. The highest BCUT2D eigenvalue weighted by Gasteiger charge is 2.30. The van der Waals surface area contributed by atoms with Crippen molar-refractivity contribution in [2.24, 2.45) is 4.99 Å². The molecule has 0 bridgehead atoms. The first-order valence-electron chi connectivity index (χ1n) is 7.74. The molecule has 132 valence electrons. The van der Waals surface area contributed by atoms with Crippen LogP contribution in [0.1, 0.15) is 31.9 Å². The number of nitriles is 1. The highest BCUT2D eigenvalue weighted by Crippen LogP contribution is 2.31. The second-order valence-electron chi connectivity index (χ2n) is 6.24. The van der Waals surface area contributed by atoms with Gasteiger partial charge in [0.2, 0.25) is 5.91 Å². The molecule has 0 atom stereocenters. The molecular formula is C18H15ClN4O3. The molecule has 0 aliphatic carbocycles. The Hall–Kier alpha value is -3.11. The average Bonchev–Trinajstić information content (AvgIpc) is 2.55. The lowest BCUT2D eigenvalue weighted by Crippen LogP contribution is -2.38. The third-order valence-electron chi connectivity index (χ3n) is 3.61. The van der Waals surface area contributed by atoms with Crippen LogP contribution < -0.4 is 15.6 Å². The average molecular weight is 371 g/mol. The summed E-state index contributed by atoms with van der Waals surface area (Å²) in [6.45, 7) is 4.85. The first-order valence-corrected chi connectivity index (χ1v) is 8.11. The zero-order valence-electron chi connectivity index (χ0n) is 14.3. The minimum Gasteiger partial charge on any atom is -0.466 e. The van der Waals surface area contributed by atoms with Crippen molar-refractivity contribution in [2.45, 2.75) is 26.5 Å². The number of rotatable bonds is 1. The van der Waals surface area contributed by atoms with Crippen LogP contribution >= 0.6 is 11.6 Å². The van der Waals surface area contributed by atoms with Crippen LogP contribution in [0, 0.1) is 11.3 Å². The Morgan fingerprint density at radius 3 is 2.77 bits per heavy atom. The Labute approximate surface area is 154 Å². The van der Waals surface area contributed by atoms with Crippen LogP contribution in [0.4, 0.5) is 5.69 Å². The molecule has 0 radical (unpaired) electrons. The quantitative estimate of drug-likeness (QED) is 0.834. The second-order valence-corrected chi connectivity index (χ2v) is 6.65. The van der Waals surface area contributed by atoms with Crippen LogP contribution in [0.15, 0.2) is 40.2 Å². The highest BCUT2D eigenvalue weighted by molar-refractivity contribution is 6.30. The van der Waals surface area contributed by atoms with Gasteiger partial charge in [-0.1, -0.05) is 11.6 Å². The molecule has 2 heterocycles. The fourth-order valence-electron chi connectivity index (χ4n) is 2.63. The van der Waals surface area contributed by atoms with Gasteiger partial charge >= 0.3 is 0 Å². The Bertz CT molecular complexity index is 1050. The van der Waals surface area contributed by atoms with Crippen LogP contribution in [-0.4, -0.2) is 22.0 Å². The predicted molar refractivity (Wildman–Crippen MR) is 97.8 cm³/mol. The van der Waals surface area contributed by atoms with Gasteiger partial charge in [-0.3, -0.25) is 14.2 Å². The third-order valence-corrected chi connectivity index (χ3v) is 3.88. The Kier molecular flexibility index (Phi) is 4.30. The van der Waals surface area contributed by atoms with E-state index in [1.807, 2.05) is 0 Å². The molecule has 0 fully saturated rings. The van der Waals surface area contributed by atoms with E-state index >= 15 is 0 Å². The lowest BCUT2D eigenvalue weighted by atomic mass is 10.1. The summed E-state index contributed by atoms with van der Waals surface area (Å²) in [6.07, 6.45) is 1.44. The molecule has 0 saturated heterocycles. The van der Waals surface area contributed by atoms with Crippen molar-refractivity contribution >= 4 is 29.0 Å². The number of anilines is 1. The number of nitrogens with one attached hydrogen (secondary N) is 1. The number of aromatic nitrogens is 1. The zero-order chi connectivity index (χ0) is 19.1. The number of nitrogens with zero attached hydrogens (tertiary/aromatic N) is 3. The summed E-state index contributed by atoms with van der Waals surface area (Å²) in [5, 5.41) is 11.7. The first-order chi connectivity index (χ1) is 12.2. The maximum atomic E-state index is 12.6. The number of pyridine rings is 1. The molecular weight excluding hydrogens is 356 g/mol. The van der Waals surface area contributed by atoms with E-state index in [2.05, 4.69) is 16.4 Å². The number of halogens is 1. The van der Waals surface area contributed by atoms with Crippen LogP contribution in [0.25, 0.3) is 0 Å². The van der Waals surface area contributed by atoms with Gasteiger partial charge < -0.3 is 10.1 Å². The molecule has 3 rings (SSSR count). The van der Waals surface area contributed by atoms with Crippen LogP contribution in [0.2, 0.25) is 5.02 Å². The summed E-state index contributed by atoms with van der Waals surface area (Å²) < 4.78 is 7.07. The molecule has 26 heavy (non-hydrogen) atoms. The predicted octanol–water partition coefficient (Wildman–Crippen LogP) is 2.76. The van der Waals surface area contributed by atoms with Gasteiger partial charge in [-0.25, -0.2) is 4.99 Å². The van der Waals surface area contributed by atoms with Crippen molar-refractivity contribution in [1.82, 2.24) is 4.57 Å². The van der Waals surface area contributed by atoms with Crippen molar-refractivity contribution in [1.29, 1.82) is 5.26 Å². The number of aliphatic imine (C=N–C) groups is 1. The maximum absolute atomic E-state index is 12.6. The summed E-state index contributed by atoms with van der Waals surface area (Å²) >= 11 is 6.06. The summed E-state index contributed by atoms with van der Waals surface area (Å²) in [5.74, 6) is 0.479. The van der Waals surface area contributed by atoms with E-state index in [-0.39, 0.29) is 16.8 Å². The summed E-state index contributed by atoms with van der Waals surface area (Å²) in [7, 11) is 0. The number of carbonyl (C=O) groups is 1. The summed E-state index contributed by atoms with van der Waals surface area (Å²) in [4.78, 5) is 28.5. The Balaban J connectivity index is 2.27. The fourth-order valence-corrected chi connectivity index (χ4v) is 2.84. The van der Waals surface area contributed by atoms with Crippen molar-refractivity contribution < 1.29 is 9.53 Å². The number of hydrogen-bond donors (Lipinski definition) is 1. The maximum Gasteiger partial charge on any atom is 0.275 e. The SMILES string of the molecule is CC(=O)Nc1cc(Cl)c(=O)n(C2=NC(C)(C)Oc3ccc(C#N)cc32)c1. The van der Waals surface area contributed by atoms with E-state index in [0.29, 0.717) is 22.6 Å². The monoisotopic (exact) mass is 370 g/mol. The molecule has 1 aliphatic heterocycles. The van der Waals surface area contributed by atoms with Crippen LogP contribution in [0.3, 0.4) is 0 Å². The van der Waals surface area contributed by atoms with E-state index in [0.717, 1.165) is 0 Å². The van der Waals surface area contributed by atoms with Gasteiger partial charge in [-0.15, -0.1) is 0 Å². The van der Waals surface area contributed by atoms with Crippen LogP contribution in [-0.2, 0) is 4.79 Å². The molecule has 1 aliphatic rings. The molecule has 7 nitrogen and oxygen atoms in total. The summed E-state index contributed by atoms with van der Waals surface area (Å²) in [6, 6.07) is 8.31. The van der Waals surface area contributed by atoms with Crippen molar-refractivity contribution in [2.75, 3.05) is 5.32 Å². The number of hydrogen-bond acceptors (Lipinski definition) is 5. The third kappa shape index (κ3) is 3.32. The van der Waals surface area contributed by atoms with Gasteiger partial charge in [0, 0.05) is 13.1 Å². The van der Waals surface area contributed by atoms with Gasteiger partial charge in [0.25, 0.3) is 5.56 Å². The van der Waals surface area contributed by atoms with Gasteiger partial charge in [0.05, 0.1) is 22.9 Å². The number of ether oxygens (including phenoxy) is 1. The molecule has 0 saturated carbocycles. The van der Waals surface area contributed by atoms with Gasteiger partial charge in [-0.2, -0.15) is 5.26 Å². The number of fused-ring (bicyclic) bond motifs is 1.